The lowest BCUT2D eigenvalue weighted by Gasteiger charge is -2.10. The summed E-state index contributed by atoms with van der Waals surface area (Å²) in [4.78, 5) is 15.9. The van der Waals surface area contributed by atoms with Crippen LogP contribution in [0.2, 0.25) is 0 Å². The molecular formula is C12H14BrFN4O. The highest BCUT2D eigenvalue weighted by Crippen LogP contribution is 2.24. The van der Waals surface area contributed by atoms with Gasteiger partial charge in [0.05, 0.1) is 15.5 Å². The van der Waals surface area contributed by atoms with Crippen molar-refractivity contribution in [2.45, 2.75) is 26.4 Å². The topological polar surface area (TPSA) is 72.9 Å². The number of nitrogens with zero attached hydrogens (tertiary/aromatic N) is 2. The molecule has 2 rings (SSSR count). The molecule has 0 fully saturated rings. The average molecular weight is 329 g/mol. The minimum Gasteiger partial charge on any atom is -0.369 e. The van der Waals surface area contributed by atoms with E-state index in [1.807, 2.05) is 13.8 Å². The second kappa shape index (κ2) is 5.16. The molecule has 0 aliphatic rings. The minimum absolute atomic E-state index is 0.0155. The number of amides is 1. The van der Waals surface area contributed by atoms with Crippen molar-refractivity contribution in [2.24, 2.45) is 0 Å². The lowest BCUT2D eigenvalue weighted by atomic mass is 10.3. The number of benzene rings is 1. The molecule has 0 saturated heterocycles. The molecule has 0 saturated carbocycles. The summed E-state index contributed by atoms with van der Waals surface area (Å²) in [5, 5.41) is 2.75. The standard InChI is InChI=1S/C12H14BrFN4O/c1-6(2)16-11(19)5-18-10-4-8(14)7(13)3-9(10)17-12(18)15/h3-4,6H,5H2,1-2H3,(H2,15,17)(H,16,19). The van der Waals surface area contributed by atoms with Crippen LogP contribution in [0, 0.1) is 5.82 Å². The summed E-state index contributed by atoms with van der Waals surface area (Å²) in [7, 11) is 0. The quantitative estimate of drug-likeness (QED) is 0.905. The number of nitrogen functional groups attached to an aromatic ring is 1. The molecule has 1 heterocycles. The smallest absolute Gasteiger partial charge is 0.240 e. The van der Waals surface area contributed by atoms with Crippen molar-refractivity contribution in [3.05, 3.63) is 22.4 Å². The van der Waals surface area contributed by atoms with Crippen LogP contribution in [0.5, 0.6) is 0 Å². The maximum Gasteiger partial charge on any atom is 0.240 e. The maximum atomic E-state index is 13.6. The van der Waals surface area contributed by atoms with E-state index in [4.69, 9.17) is 5.73 Å². The van der Waals surface area contributed by atoms with E-state index in [9.17, 15) is 9.18 Å². The van der Waals surface area contributed by atoms with Crippen molar-refractivity contribution >= 4 is 38.8 Å². The number of imidazole rings is 1. The highest BCUT2D eigenvalue weighted by Gasteiger charge is 2.14. The lowest BCUT2D eigenvalue weighted by Crippen LogP contribution is -2.33. The summed E-state index contributed by atoms with van der Waals surface area (Å²) in [5.74, 6) is -0.423. The number of hydrogen-bond donors (Lipinski definition) is 2. The van der Waals surface area contributed by atoms with Gasteiger partial charge < -0.3 is 15.6 Å². The van der Waals surface area contributed by atoms with Crippen LogP contribution in [0.1, 0.15) is 13.8 Å². The van der Waals surface area contributed by atoms with Gasteiger partial charge in [-0.1, -0.05) is 0 Å². The SMILES string of the molecule is CC(C)NC(=O)Cn1c(N)nc2cc(Br)c(F)cc21. The predicted molar refractivity (Wildman–Crippen MR) is 75.1 cm³/mol. The Kier molecular flexibility index (Phi) is 3.75. The molecule has 7 heteroatoms. The molecule has 1 aromatic carbocycles. The number of anilines is 1. The molecule has 5 nitrogen and oxygen atoms in total. The van der Waals surface area contributed by atoms with E-state index in [0.29, 0.717) is 15.5 Å². The first-order valence-corrected chi connectivity index (χ1v) is 6.58. The van der Waals surface area contributed by atoms with Crippen LogP contribution in [-0.2, 0) is 11.3 Å². The monoisotopic (exact) mass is 328 g/mol. The molecule has 2 aromatic rings. The Hall–Kier alpha value is -1.63. The van der Waals surface area contributed by atoms with Crippen molar-refractivity contribution in [3.8, 4) is 0 Å². The van der Waals surface area contributed by atoms with Crippen molar-refractivity contribution in [1.82, 2.24) is 14.9 Å². The number of carbonyl (C=O) groups is 1. The third kappa shape index (κ3) is 2.86. The molecule has 102 valence electrons. The molecule has 3 N–H and O–H groups in total. The summed E-state index contributed by atoms with van der Waals surface area (Å²) < 4.78 is 15.4. The minimum atomic E-state index is -0.419. The van der Waals surface area contributed by atoms with Crippen LogP contribution in [0.25, 0.3) is 11.0 Å². The van der Waals surface area contributed by atoms with Gasteiger partial charge in [0, 0.05) is 12.1 Å². The van der Waals surface area contributed by atoms with Gasteiger partial charge in [0.15, 0.2) is 0 Å². The first-order chi connectivity index (χ1) is 8.88. The molecule has 1 amide bonds. The molecule has 0 unspecified atom stereocenters. The van der Waals surface area contributed by atoms with Crippen molar-refractivity contribution in [2.75, 3.05) is 5.73 Å². The summed E-state index contributed by atoms with van der Waals surface area (Å²) in [6.07, 6.45) is 0. The lowest BCUT2D eigenvalue weighted by molar-refractivity contribution is -0.122. The van der Waals surface area contributed by atoms with E-state index >= 15 is 0 Å². The number of nitrogens with two attached hydrogens (primary N) is 1. The fourth-order valence-electron chi connectivity index (χ4n) is 1.82. The van der Waals surface area contributed by atoms with Crippen LogP contribution in [-0.4, -0.2) is 21.5 Å². The zero-order chi connectivity index (χ0) is 14.2. The predicted octanol–water partition coefficient (Wildman–Crippen LogP) is 2.04. The maximum absolute atomic E-state index is 13.6. The van der Waals surface area contributed by atoms with Crippen molar-refractivity contribution in [1.29, 1.82) is 0 Å². The van der Waals surface area contributed by atoms with Crippen LogP contribution in [0.4, 0.5) is 10.3 Å². The molecule has 0 radical (unpaired) electrons. The van der Waals surface area contributed by atoms with Gasteiger partial charge in [0.2, 0.25) is 11.9 Å². The summed E-state index contributed by atoms with van der Waals surface area (Å²) in [6, 6.07) is 2.89. The zero-order valence-electron chi connectivity index (χ0n) is 10.6. The highest BCUT2D eigenvalue weighted by molar-refractivity contribution is 9.10. The molecule has 19 heavy (non-hydrogen) atoms. The third-order valence-electron chi connectivity index (χ3n) is 2.57. The fraction of sp³-hybridized carbons (Fsp3) is 0.333. The summed E-state index contributed by atoms with van der Waals surface area (Å²) in [5.41, 5.74) is 6.81. The fourth-order valence-corrected chi connectivity index (χ4v) is 2.15. The number of carbonyl (C=O) groups excluding carboxylic acids is 1. The van der Waals surface area contributed by atoms with Gasteiger partial charge in [-0.3, -0.25) is 4.79 Å². The molecule has 0 aliphatic carbocycles. The molecular weight excluding hydrogens is 315 g/mol. The molecule has 0 spiro atoms. The Bertz CT molecular complexity index is 638. The van der Waals surface area contributed by atoms with Gasteiger partial charge in [-0.05, 0) is 35.8 Å². The van der Waals surface area contributed by atoms with Gasteiger partial charge in [-0.15, -0.1) is 0 Å². The van der Waals surface area contributed by atoms with E-state index in [-0.39, 0.29) is 24.4 Å². The molecule has 1 aromatic heterocycles. The van der Waals surface area contributed by atoms with E-state index in [2.05, 4.69) is 26.2 Å². The molecule has 0 atom stereocenters. The second-order valence-electron chi connectivity index (χ2n) is 4.53. The largest absolute Gasteiger partial charge is 0.369 e. The van der Waals surface area contributed by atoms with Gasteiger partial charge in [-0.2, -0.15) is 0 Å². The highest BCUT2D eigenvalue weighted by atomic mass is 79.9. The number of rotatable bonds is 3. The number of fused-ring (bicyclic) bond motifs is 1. The number of hydrogen-bond acceptors (Lipinski definition) is 3. The third-order valence-corrected chi connectivity index (χ3v) is 3.18. The Morgan fingerprint density at radius 2 is 2.26 bits per heavy atom. The number of nitrogens with one attached hydrogen (secondary N) is 1. The van der Waals surface area contributed by atoms with Crippen molar-refractivity contribution < 1.29 is 9.18 Å². The van der Waals surface area contributed by atoms with E-state index in [0.717, 1.165) is 0 Å². The normalized spacial score (nSPS) is 11.2. The number of halogens is 2. The molecule has 0 bridgehead atoms. The van der Waals surface area contributed by atoms with Gasteiger partial charge in [0.1, 0.15) is 12.4 Å². The Balaban J connectivity index is 2.40. The Morgan fingerprint density at radius 1 is 1.58 bits per heavy atom. The zero-order valence-corrected chi connectivity index (χ0v) is 12.2. The first kappa shape index (κ1) is 13.8. The van der Waals surface area contributed by atoms with Crippen LogP contribution >= 0.6 is 15.9 Å². The van der Waals surface area contributed by atoms with Gasteiger partial charge in [0.25, 0.3) is 0 Å². The van der Waals surface area contributed by atoms with E-state index in [1.54, 1.807) is 0 Å². The van der Waals surface area contributed by atoms with Crippen molar-refractivity contribution in [3.63, 3.8) is 0 Å². The Morgan fingerprint density at radius 3 is 2.89 bits per heavy atom. The number of aromatic nitrogens is 2. The summed E-state index contributed by atoms with van der Waals surface area (Å²) in [6.45, 7) is 3.75. The van der Waals surface area contributed by atoms with Gasteiger partial charge in [-0.25, -0.2) is 9.37 Å². The molecule has 0 aliphatic heterocycles. The second-order valence-corrected chi connectivity index (χ2v) is 5.39. The van der Waals surface area contributed by atoms with E-state index < -0.39 is 5.82 Å². The summed E-state index contributed by atoms with van der Waals surface area (Å²) >= 11 is 3.09. The van der Waals surface area contributed by atoms with Crippen LogP contribution in [0.3, 0.4) is 0 Å². The average Bonchev–Trinajstić information content (AvgIpc) is 2.56. The van der Waals surface area contributed by atoms with Crippen LogP contribution < -0.4 is 11.1 Å². The van der Waals surface area contributed by atoms with Crippen LogP contribution in [0.15, 0.2) is 16.6 Å². The Labute approximate surface area is 118 Å². The first-order valence-electron chi connectivity index (χ1n) is 5.78. The van der Waals surface area contributed by atoms with Gasteiger partial charge >= 0.3 is 0 Å². The van der Waals surface area contributed by atoms with E-state index in [1.165, 1.54) is 16.7 Å².